The zero-order valence-electron chi connectivity index (χ0n) is 11.5. The Hall–Kier alpha value is -2.31. The molecule has 2 N–H and O–H groups in total. The van der Waals surface area contributed by atoms with E-state index < -0.39 is 11.5 Å². The number of hydrogen-bond donors (Lipinski definition) is 2. The van der Waals surface area contributed by atoms with Crippen molar-refractivity contribution in [2.45, 2.75) is 0 Å². The summed E-state index contributed by atoms with van der Waals surface area (Å²) >= 11 is 7.13. The number of aromatic nitrogens is 1. The second-order valence-electron chi connectivity index (χ2n) is 4.69. The molecule has 0 unspecified atom stereocenters. The molecule has 5 nitrogen and oxygen atoms in total. The zero-order chi connectivity index (χ0) is 15.9. The van der Waals surface area contributed by atoms with Crippen LogP contribution in [0.5, 0.6) is 5.75 Å². The first-order valence-electron chi connectivity index (χ1n) is 6.35. The third-order valence-electron chi connectivity index (χ3n) is 3.29. The molecule has 7 heteroatoms. The molecule has 0 fully saturated rings. The molecule has 0 aliphatic rings. The van der Waals surface area contributed by atoms with Crippen LogP contribution in [0, 0.1) is 0 Å². The van der Waals surface area contributed by atoms with E-state index in [0.29, 0.717) is 20.9 Å². The average molecular weight is 335 g/mol. The summed E-state index contributed by atoms with van der Waals surface area (Å²) in [6.07, 6.45) is 0. The van der Waals surface area contributed by atoms with Gasteiger partial charge in [0, 0.05) is 17.8 Å². The second kappa shape index (κ2) is 5.47. The molecule has 0 aliphatic carbocycles. The van der Waals surface area contributed by atoms with Gasteiger partial charge < -0.3 is 15.0 Å². The minimum absolute atomic E-state index is 0.280. The van der Waals surface area contributed by atoms with E-state index >= 15 is 0 Å². The molecule has 0 saturated carbocycles. The first-order valence-corrected chi connectivity index (χ1v) is 7.61. The molecule has 3 aromatic rings. The van der Waals surface area contributed by atoms with Crippen molar-refractivity contribution in [3.63, 3.8) is 0 Å². The summed E-state index contributed by atoms with van der Waals surface area (Å²) in [5.74, 6) is -0.969. The summed E-state index contributed by atoms with van der Waals surface area (Å²) < 4.78 is 1.84. The molecule has 0 bridgehead atoms. The summed E-state index contributed by atoms with van der Waals surface area (Å²) in [6.45, 7) is 0. The van der Waals surface area contributed by atoms with Crippen LogP contribution in [0.3, 0.4) is 0 Å². The normalized spacial score (nSPS) is 10.8. The number of anilines is 1. The Morgan fingerprint density at radius 1 is 1.36 bits per heavy atom. The lowest BCUT2D eigenvalue weighted by molar-refractivity contribution is 0.102. The van der Waals surface area contributed by atoms with Gasteiger partial charge in [0.2, 0.25) is 0 Å². The fourth-order valence-electron chi connectivity index (χ4n) is 2.20. The molecule has 0 atom stereocenters. The van der Waals surface area contributed by atoms with Crippen LogP contribution >= 0.6 is 22.9 Å². The number of halogens is 1. The lowest BCUT2D eigenvalue weighted by atomic mass is 10.2. The first-order chi connectivity index (χ1) is 10.5. The summed E-state index contributed by atoms with van der Waals surface area (Å²) in [5.41, 5.74) is 0.206. The SMILES string of the molecule is Cn1c(=O)c(C(=O)Nc2cccc(Cl)c2)c(O)c2sccc21. The monoisotopic (exact) mass is 334 g/mol. The number of thiophene rings is 1. The minimum atomic E-state index is -0.671. The van der Waals surface area contributed by atoms with Crippen molar-refractivity contribution in [1.82, 2.24) is 4.57 Å². The van der Waals surface area contributed by atoms with Gasteiger partial charge in [0.05, 0.1) is 10.2 Å². The predicted molar refractivity (Wildman–Crippen MR) is 88.1 cm³/mol. The molecule has 0 spiro atoms. The smallest absolute Gasteiger partial charge is 0.267 e. The fourth-order valence-corrected chi connectivity index (χ4v) is 3.26. The van der Waals surface area contributed by atoms with E-state index in [1.807, 2.05) is 0 Å². The quantitative estimate of drug-likeness (QED) is 0.756. The molecule has 0 saturated heterocycles. The van der Waals surface area contributed by atoms with E-state index in [1.165, 1.54) is 15.9 Å². The number of nitrogens with zero attached hydrogens (tertiary/aromatic N) is 1. The van der Waals surface area contributed by atoms with Crippen LogP contribution in [-0.4, -0.2) is 15.6 Å². The van der Waals surface area contributed by atoms with Gasteiger partial charge in [0.25, 0.3) is 11.5 Å². The largest absolute Gasteiger partial charge is 0.505 e. The Morgan fingerprint density at radius 3 is 2.86 bits per heavy atom. The average Bonchev–Trinajstić information content (AvgIpc) is 2.95. The van der Waals surface area contributed by atoms with E-state index in [9.17, 15) is 14.7 Å². The van der Waals surface area contributed by atoms with Crippen LogP contribution in [0.2, 0.25) is 5.02 Å². The van der Waals surface area contributed by atoms with Crippen molar-refractivity contribution in [1.29, 1.82) is 0 Å². The number of amides is 1. The molecule has 0 radical (unpaired) electrons. The van der Waals surface area contributed by atoms with Gasteiger partial charge in [-0.05, 0) is 29.6 Å². The fraction of sp³-hybridized carbons (Fsp3) is 0.0667. The van der Waals surface area contributed by atoms with Gasteiger partial charge in [-0.3, -0.25) is 9.59 Å². The summed E-state index contributed by atoms with van der Waals surface area (Å²) in [6, 6.07) is 8.28. The molecular weight excluding hydrogens is 324 g/mol. The number of rotatable bonds is 2. The van der Waals surface area contributed by atoms with Gasteiger partial charge >= 0.3 is 0 Å². The Bertz CT molecular complexity index is 946. The Balaban J connectivity index is 2.10. The maximum absolute atomic E-state index is 12.4. The molecule has 22 heavy (non-hydrogen) atoms. The van der Waals surface area contributed by atoms with Crippen molar-refractivity contribution < 1.29 is 9.90 Å². The van der Waals surface area contributed by atoms with E-state index in [0.717, 1.165) is 0 Å². The van der Waals surface area contributed by atoms with E-state index in [2.05, 4.69) is 5.32 Å². The zero-order valence-corrected chi connectivity index (χ0v) is 13.0. The van der Waals surface area contributed by atoms with Crippen molar-refractivity contribution >= 4 is 44.7 Å². The highest BCUT2D eigenvalue weighted by Crippen LogP contribution is 2.31. The Morgan fingerprint density at radius 2 is 2.14 bits per heavy atom. The molecule has 0 aliphatic heterocycles. The molecular formula is C15H11ClN2O3S. The topological polar surface area (TPSA) is 71.3 Å². The second-order valence-corrected chi connectivity index (χ2v) is 6.04. The molecule has 1 amide bonds. The maximum Gasteiger partial charge on any atom is 0.267 e. The summed E-state index contributed by atoms with van der Waals surface area (Å²) in [4.78, 5) is 24.7. The molecule has 1 aromatic carbocycles. The van der Waals surface area contributed by atoms with E-state index in [-0.39, 0.29) is 11.3 Å². The van der Waals surface area contributed by atoms with E-state index in [1.54, 1.807) is 42.8 Å². The lowest BCUT2D eigenvalue weighted by Gasteiger charge is -2.09. The van der Waals surface area contributed by atoms with Crippen LogP contribution in [0.25, 0.3) is 10.2 Å². The third-order valence-corrected chi connectivity index (χ3v) is 4.43. The summed E-state index contributed by atoms with van der Waals surface area (Å²) in [7, 11) is 1.56. The number of aromatic hydroxyl groups is 1. The number of carbonyl (C=O) groups excluding carboxylic acids is 1. The Labute approximate surface area is 134 Å². The number of benzene rings is 1. The van der Waals surface area contributed by atoms with Gasteiger partial charge in [-0.1, -0.05) is 17.7 Å². The van der Waals surface area contributed by atoms with Crippen LogP contribution in [-0.2, 0) is 7.05 Å². The highest BCUT2D eigenvalue weighted by molar-refractivity contribution is 7.17. The standard InChI is InChI=1S/C15H11ClN2O3S/c1-18-10-5-6-22-13(10)12(19)11(15(18)21)14(20)17-9-4-2-3-8(16)7-9/h2-7,19H,1H3,(H,17,20). The van der Waals surface area contributed by atoms with Crippen LogP contribution < -0.4 is 10.9 Å². The van der Waals surface area contributed by atoms with E-state index in [4.69, 9.17) is 11.6 Å². The highest BCUT2D eigenvalue weighted by Gasteiger charge is 2.21. The Kier molecular flexibility index (Phi) is 3.64. The molecule has 3 rings (SSSR count). The van der Waals surface area contributed by atoms with Crippen LogP contribution in [0.15, 0.2) is 40.5 Å². The number of aryl methyl sites for hydroxylation is 1. The minimum Gasteiger partial charge on any atom is -0.505 e. The van der Waals surface area contributed by atoms with Crippen molar-refractivity contribution in [3.8, 4) is 5.75 Å². The van der Waals surface area contributed by atoms with Gasteiger partial charge in [-0.25, -0.2) is 0 Å². The lowest BCUT2D eigenvalue weighted by Crippen LogP contribution is -2.27. The van der Waals surface area contributed by atoms with Crippen LogP contribution in [0.1, 0.15) is 10.4 Å². The summed E-state index contributed by atoms with van der Waals surface area (Å²) in [5, 5.41) is 15.0. The van der Waals surface area contributed by atoms with Gasteiger partial charge in [0.15, 0.2) is 5.75 Å². The number of nitrogens with one attached hydrogen (secondary N) is 1. The predicted octanol–water partition coefficient (Wildman–Crippen LogP) is 3.21. The maximum atomic E-state index is 12.4. The highest BCUT2D eigenvalue weighted by atomic mass is 35.5. The van der Waals surface area contributed by atoms with Gasteiger partial charge in [-0.15, -0.1) is 11.3 Å². The number of fused-ring (bicyclic) bond motifs is 1. The number of pyridine rings is 1. The molecule has 2 aromatic heterocycles. The van der Waals surface area contributed by atoms with Crippen molar-refractivity contribution in [2.75, 3.05) is 5.32 Å². The van der Waals surface area contributed by atoms with Gasteiger partial charge in [0.1, 0.15) is 5.56 Å². The first kappa shape index (κ1) is 14.6. The molecule has 112 valence electrons. The third kappa shape index (κ3) is 2.36. The van der Waals surface area contributed by atoms with Gasteiger partial charge in [-0.2, -0.15) is 0 Å². The number of carbonyl (C=O) groups is 1. The van der Waals surface area contributed by atoms with Crippen molar-refractivity contribution in [3.05, 3.63) is 56.7 Å². The molecule has 2 heterocycles. The van der Waals surface area contributed by atoms with Crippen LogP contribution in [0.4, 0.5) is 5.69 Å². The van der Waals surface area contributed by atoms with Crippen molar-refractivity contribution in [2.24, 2.45) is 7.05 Å². The number of hydrogen-bond acceptors (Lipinski definition) is 4.